The lowest BCUT2D eigenvalue weighted by molar-refractivity contribution is 0.0725. The number of likely N-dealkylation sites (tertiary alicyclic amines) is 1. The van der Waals surface area contributed by atoms with E-state index in [0.717, 1.165) is 43.4 Å². The minimum atomic E-state index is -0.0257. The Morgan fingerprint density at radius 1 is 1.11 bits per heavy atom. The molecule has 0 aliphatic carbocycles. The standard InChI is InChI=1S/C21H20Cl2N4O/c1-13-5-7-15-19(26-18-8-6-14(22)11-17(18)23)16(12-24-20(15)25-13)21(28)27-9-3-2-4-10-27/h5-8,11-12H,2-4,9-10H2,1H3,(H,24,25,26). The van der Waals surface area contributed by atoms with Crippen LogP contribution < -0.4 is 5.32 Å². The van der Waals surface area contributed by atoms with Crippen molar-refractivity contribution in [3.63, 3.8) is 0 Å². The zero-order valence-electron chi connectivity index (χ0n) is 15.5. The highest BCUT2D eigenvalue weighted by Gasteiger charge is 2.23. The Hall–Kier alpha value is -2.37. The van der Waals surface area contributed by atoms with Gasteiger partial charge in [0, 0.05) is 35.4 Å². The zero-order chi connectivity index (χ0) is 19.7. The molecule has 1 aliphatic rings. The third-order valence-electron chi connectivity index (χ3n) is 4.93. The van der Waals surface area contributed by atoms with E-state index in [1.807, 2.05) is 24.0 Å². The van der Waals surface area contributed by atoms with E-state index in [1.165, 1.54) is 0 Å². The van der Waals surface area contributed by atoms with Gasteiger partial charge in [-0.1, -0.05) is 23.2 Å². The van der Waals surface area contributed by atoms with Crippen LogP contribution in [0, 0.1) is 6.92 Å². The summed E-state index contributed by atoms with van der Waals surface area (Å²) in [6.07, 6.45) is 4.82. The van der Waals surface area contributed by atoms with E-state index >= 15 is 0 Å². The number of amides is 1. The van der Waals surface area contributed by atoms with Crippen LogP contribution >= 0.6 is 23.2 Å². The molecule has 2 aromatic heterocycles. The van der Waals surface area contributed by atoms with E-state index in [2.05, 4.69) is 15.3 Å². The lowest BCUT2D eigenvalue weighted by Gasteiger charge is -2.27. The highest BCUT2D eigenvalue weighted by molar-refractivity contribution is 6.36. The van der Waals surface area contributed by atoms with Crippen molar-refractivity contribution in [1.29, 1.82) is 0 Å². The maximum Gasteiger partial charge on any atom is 0.257 e. The van der Waals surface area contributed by atoms with Crippen molar-refractivity contribution in [2.75, 3.05) is 18.4 Å². The molecule has 0 bridgehead atoms. The molecular formula is C21H20Cl2N4O. The molecule has 0 unspecified atom stereocenters. The number of piperidine rings is 1. The maximum absolute atomic E-state index is 13.2. The SMILES string of the molecule is Cc1ccc2c(Nc3ccc(Cl)cc3Cl)c(C(=O)N3CCCCC3)cnc2n1. The van der Waals surface area contributed by atoms with Crippen LogP contribution in [0.15, 0.2) is 36.5 Å². The number of aryl methyl sites for hydroxylation is 1. The first-order valence-corrected chi connectivity index (χ1v) is 10.1. The number of carbonyl (C=O) groups is 1. The van der Waals surface area contributed by atoms with Gasteiger partial charge in [-0.15, -0.1) is 0 Å². The van der Waals surface area contributed by atoms with Crippen LogP contribution in [-0.2, 0) is 0 Å². The molecule has 1 N–H and O–H groups in total. The zero-order valence-corrected chi connectivity index (χ0v) is 17.0. The van der Waals surface area contributed by atoms with Crippen molar-refractivity contribution in [1.82, 2.24) is 14.9 Å². The average Bonchev–Trinajstić information content (AvgIpc) is 2.70. The summed E-state index contributed by atoms with van der Waals surface area (Å²) in [5.74, 6) is -0.0257. The summed E-state index contributed by atoms with van der Waals surface area (Å²) in [5, 5.41) is 5.14. The second-order valence-corrected chi connectivity index (χ2v) is 7.82. The molecule has 0 atom stereocenters. The van der Waals surface area contributed by atoms with Crippen molar-refractivity contribution < 1.29 is 4.79 Å². The summed E-state index contributed by atoms with van der Waals surface area (Å²) in [7, 11) is 0. The smallest absolute Gasteiger partial charge is 0.257 e. The van der Waals surface area contributed by atoms with Crippen molar-refractivity contribution in [2.24, 2.45) is 0 Å². The molecule has 1 aliphatic heterocycles. The predicted molar refractivity (Wildman–Crippen MR) is 114 cm³/mol. The van der Waals surface area contributed by atoms with Crippen molar-refractivity contribution >= 4 is 51.5 Å². The van der Waals surface area contributed by atoms with Gasteiger partial charge in [-0.25, -0.2) is 9.97 Å². The molecule has 0 radical (unpaired) electrons. The number of pyridine rings is 2. The Morgan fingerprint density at radius 2 is 1.89 bits per heavy atom. The van der Waals surface area contributed by atoms with E-state index in [9.17, 15) is 4.79 Å². The third-order valence-corrected chi connectivity index (χ3v) is 5.48. The molecular weight excluding hydrogens is 395 g/mol. The van der Waals surface area contributed by atoms with Crippen molar-refractivity contribution in [3.8, 4) is 0 Å². The maximum atomic E-state index is 13.2. The van der Waals surface area contributed by atoms with Crippen molar-refractivity contribution in [3.05, 3.63) is 57.8 Å². The molecule has 1 fully saturated rings. The molecule has 144 valence electrons. The van der Waals surface area contributed by atoms with E-state index in [4.69, 9.17) is 23.2 Å². The Kier molecular flexibility index (Phi) is 5.38. The number of anilines is 2. The number of benzene rings is 1. The van der Waals surface area contributed by atoms with E-state index in [0.29, 0.717) is 32.6 Å². The van der Waals surface area contributed by atoms with Crippen LogP contribution in [0.1, 0.15) is 35.3 Å². The number of hydrogen-bond donors (Lipinski definition) is 1. The minimum absolute atomic E-state index is 0.0257. The molecule has 28 heavy (non-hydrogen) atoms. The molecule has 1 aromatic carbocycles. The third kappa shape index (κ3) is 3.77. The van der Waals surface area contributed by atoms with E-state index < -0.39 is 0 Å². The second kappa shape index (κ2) is 7.94. The number of halogens is 2. The van der Waals surface area contributed by atoms with Crippen LogP contribution in [0.5, 0.6) is 0 Å². The topological polar surface area (TPSA) is 58.1 Å². The first kappa shape index (κ1) is 19.0. The molecule has 0 saturated carbocycles. The van der Waals surface area contributed by atoms with Gasteiger partial charge in [-0.3, -0.25) is 4.79 Å². The fourth-order valence-electron chi connectivity index (χ4n) is 3.46. The lowest BCUT2D eigenvalue weighted by atomic mass is 10.1. The minimum Gasteiger partial charge on any atom is -0.353 e. The Bertz CT molecular complexity index is 1050. The van der Waals surface area contributed by atoms with Gasteiger partial charge >= 0.3 is 0 Å². The van der Waals surface area contributed by atoms with Gasteiger partial charge in [0.15, 0.2) is 5.65 Å². The second-order valence-electron chi connectivity index (χ2n) is 6.97. The van der Waals surface area contributed by atoms with Gasteiger partial charge in [0.05, 0.1) is 22.0 Å². The fraction of sp³-hybridized carbons (Fsp3) is 0.286. The number of nitrogens with zero attached hydrogens (tertiary/aromatic N) is 3. The molecule has 1 saturated heterocycles. The van der Waals surface area contributed by atoms with Gasteiger partial charge < -0.3 is 10.2 Å². The number of carbonyl (C=O) groups excluding carboxylic acids is 1. The molecule has 3 heterocycles. The van der Waals surface area contributed by atoms with Gasteiger partial charge in [-0.05, 0) is 56.5 Å². The normalized spacial score (nSPS) is 14.3. The quantitative estimate of drug-likeness (QED) is 0.604. The largest absolute Gasteiger partial charge is 0.353 e. The predicted octanol–water partition coefficient (Wildman–Crippen LogP) is 5.61. The summed E-state index contributed by atoms with van der Waals surface area (Å²) in [6, 6.07) is 9.07. The highest BCUT2D eigenvalue weighted by atomic mass is 35.5. The summed E-state index contributed by atoms with van der Waals surface area (Å²) in [6.45, 7) is 3.45. The summed E-state index contributed by atoms with van der Waals surface area (Å²) >= 11 is 12.4. The Morgan fingerprint density at radius 3 is 2.64 bits per heavy atom. The van der Waals surface area contributed by atoms with Crippen molar-refractivity contribution in [2.45, 2.75) is 26.2 Å². The first-order valence-electron chi connectivity index (χ1n) is 9.30. The molecule has 4 rings (SSSR count). The number of aromatic nitrogens is 2. The van der Waals surface area contributed by atoms with Gasteiger partial charge in [0.25, 0.3) is 5.91 Å². The number of fused-ring (bicyclic) bond motifs is 1. The highest BCUT2D eigenvalue weighted by Crippen LogP contribution is 2.34. The summed E-state index contributed by atoms with van der Waals surface area (Å²) in [4.78, 5) is 24.1. The van der Waals surface area contributed by atoms with Gasteiger partial charge in [0.2, 0.25) is 0 Å². The Labute approximate surface area is 173 Å². The van der Waals surface area contributed by atoms with Crippen LogP contribution in [-0.4, -0.2) is 33.9 Å². The summed E-state index contributed by atoms with van der Waals surface area (Å²) in [5.41, 5.74) is 3.31. The van der Waals surface area contributed by atoms with Crippen LogP contribution in [0.2, 0.25) is 10.0 Å². The Balaban J connectivity index is 1.83. The molecule has 7 heteroatoms. The number of rotatable bonds is 3. The van der Waals surface area contributed by atoms with Gasteiger partial charge in [-0.2, -0.15) is 0 Å². The first-order chi connectivity index (χ1) is 13.5. The average molecular weight is 415 g/mol. The molecule has 1 amide bonds. The van der Waals surface area contributed by atoms with E-state index in [1.54, 1.807) is 24.4 Å². The fourth-order valence-corrected chi connectivity index (χ4v) is 3.92. The van der Waals surface area contributed by atoms with Crippen LogP contribution in [0.25, 0.3) is 11.0 Å². The molecule has 3 aromatic rings. The van der Waals surface area contributed by atoms with Crippen LogP contribution in [0.4, 0.5) is 11.4 Å². The van der Waals surface area contributed by atoms with Crippen LogP contribution in [0.3, 0.4) is 0 Å². The lowest BCUT2D eigenvalue weighted by Crippen LogP contribution is -2.36. The van der Waals surface area contributed by atoms with Gasteiger partial charge in [0.1, 0.15) is 0 Å². The number of hydrogen-bond acceptors (Lipinski definition) is 4. The molecule has 0 spiro atoms. The molecule has 5 nitrogen and oxygen atoms in total. The monoisotopic (exact) mass is 414 g/mol. The van der Waals surface area contributed by atoms with E-state index in [-0.39, 0.29) is 5.91 Å². The number of nitrogens with one attached hydrogen (secondary N) is 1. The summed E-state index contributed by atoms with van der Waals surface area (Å²) < 4.78 is 0.